The van der Waals surface area contributed by atoms with E-state index in [0.717, 1.165) is 25.1 Å². The Balaban J connectivity index is 2.04. The van der Waals surface area contributed by atoms with Gasteiger partial charge in [0.1, 0.15) is 11.9 Å². The van der Waals surface area contributed by atoms with E-state index >= 15 is 0 Å². The molecular weight excluding hydrogens is 220 g/mol. The van der Waals surface area contributed by atoms with Crippen LogP contribution in [0.4, 0.5) is 16.3 Å². The van der Waals surface area contributed by atoms with Gasteiger partial charge in [-0.2, -0.15) is 0 Å². The van der Waals surface area contributed by atoms with Crippen LogP contribution in [-0.2, 0) is 4.74 Å². The minimum atomic E-state index is -0.717. The average Bonchev–Trinajstić information content (AvgIpc) is 2.28. The van der Waals surface area contributed by atoms with Crippen molar-refractivity contribution < 1.29 is 9.53 Å². The maximum Gasteiger partial charge on any atom is 0.404 e. The van der Waals surface area contributed by atoms with Gasteiger partial charge >= 0.3 is 6.09 Å². The Morgan fingerprint density at radius 3 is 3.12 bits per heavy atom. The Morgan fingerprint density at radius 1 is 1.59 bits per heavy atom. The number of piperidine rings is 1. The second kappa shape index (κ2) is 4.90. The Kier molecular flexibility index (Phi) is 3.32. The van der Waals surface area contributed by atoms with E-state index in [-0.39, 0.29) is 6.10 Å². The molecule has 0 aromatic carbocycles. The summed E-state index contributed by atoms with van der Waals surface area (Å²) in [5, 5.41) is 0. The van der Waals surface area contributed by atoms with Crippen LogP contribution in [0.5, 0.6) is 0 Å². The fraction of sp³-hybridized carbons (Fsp3) is 0.455. The molecule has 2 rings (SSSR count). The third-order valence-corrected chi connectivity index (χ3v) is 2.79. The highest BCUT2D eigenvalue weighted by Crippen LogP contribution is 2.22. The van der Waals surface area contributed by atoms with Gasteiger partial charge in [-0.3, -0.25) is 0 Å². The Hall–Kier alpha value is -1.98. The Labute approximate surface area is 99.5 Å². The van der Waals surface area contributed by atoms with Gasteiger partial charge in [-0.1, -0.05) is 0 Å². The molecule has 1 aliphatic heterocycles. The smallest absolute Gasteiger partial charge is 0.404 e. The number of rotatable bonds is 2. The monoisotopic (exact) mass is 236 g/mol. The van der Waals surface area contributed by atoms with Gasteiger partial charge in [-0.15, -0.1) is 0 Å². The number of primary amides is 1. The standard InChI is InChI=1S/C11H16N4O2/c12-10-6-8(3-4-14-10)15-5-1-2-9(7-15)17-11(13)16/h3-4,6,9H,1-2,5,7H2,(H2,12,14)(H2,13,16). The second-order valence-corrected chi connectivity index (χ2v) is 4.09. The molecule has 1 unspecified atom stereocenters. The first kappa shape index (κ1) is 11.5. The van der Waals surface area contributed by atoms with Crippen molar-refractivity contribution in [1.29, 1.82) is 0 Å². The molecule has 1 aliphatic rings. The zero-order valence-electron chi connectivity index (χ0n) is 9.50. The zero-order chi connectivity index (χ0) is 12.3. The van der Waals surface area contributed by atoms with Crippen molar-refractivity contribution in [3.63, 3.8) is 0 Å². The van der Waals surface area contributed by atoms with Crippen molar-refractivity contribution in [2.75, 3.05) is 23.7 Å². The lowest BCUT2D eigenvalue weighted by Gasteiger charge is -2.33. The molecule has 6 nitrogen and oxygen atoms in total. The van der Waals surface area contributed by atoms with Gasteiger partial charge in [0, 0.05) is 24.5 Å². The molecule has 0 aliphatic carbocycles. The molecular formula is C11H16N4O2. The molecule has 0 spiro atoms. The summed E-state index contributed by atoms with van der Waals surface area (Å²) < 4.78 is 5.02. The van der Waals surface area contributed by atoms with Gasteiger partial charge in [0.25, 0.3) is 0 Å². The first-order chi connectivity index (χ1) is 8.15. The van der Waals surface area contributed by atoms with Crippen LogP contribution in [0.15, 0.2) is 18.3 Å². The molecule has 0 radical (unpaired) electrons. The minimum absolute atomic E-state index is 0.143. The van der Waals surface area contributed by atoms with Crippen LogP contribution in [0, 0.1) is 0 Å². The fourth-order valence-electron chi connectivity index (χ4n) is 2.07. The number of nitrogens with zero attached hydrogens (tertiary/aromatic N) is 2. The predicted octanol–water partition coefficient (Wildman–Crippen LogP) is 0.728. The number of pyridine rings is 1. The van der Waals surface area contributed by atoms with E-state index in [1.165, 1.54) is 0 Å². The third-order valence-electron chi connectivity index (χ3n) is 2.79. The van der Waals surface area contributed by atoms with E-state index in [2.05, 4.69) is 9.88 Å². The SMILES string of the molecule is NC(=O)OC1CCCN(c2ccnc(N)c2)C1. The number of carbonyl (C=O) groups excluding carboxylic acids is 1. The minimum Gasteiger partial charge on any atom is -0.445 e. The van der Waals surface area contributed by atoms with Crippen LogP contribution in [-0.4, -0.2) is 30.3 Å². The van der Waals surface area contributed by atoms with Crippen LogP contribution in [0.2, 0.25) is 0 Å². The van der Waals surface area contributed by atoms with E-state index in [4.69, 9.17) is 16.2 Å². The number of nitrogens with two attached hydrogens (primary N) is 2. The van der Waals surface area contributed by atoms with Crippen LogP contribution < -0.4 is 16.4 Å². The maximum absolute atomic E-state index is 10.7. The van der Waals surface area contributed by atoms with Crippen molar-refractivity contribution in [1.82, 2.24) is 4.98 Å². The molecule has 1 saturated heterocycles. The van der Waals surface area contributed by atoms with Crippen molar-refractivity contribution in [3.8, 4) is 0 Å². The predicted molar refractivity (Wildman–Crippen MR) is 64.6 cm³/mol. The molecule has 4 N–H and O–H groups in total. The topological polar surface area (TPSA) is 94.5 Å². The number of amides is 1. The number of hydrogen-bond donors (Lipinski definition) is 2. The number of aromatic nitrogens is 1. The van der Waals surface area contributed by atoms with Crippen LogP contribution in [0.25, 0.3) is 0 Å². The van der Waals surface area contributed by atoms with Gasteiger partial charge in [-0.05, 0) is 18.9 Å². The summed E-state index contributed by atoms with van der Waals surface area (Å²) in [6, 6.07) is 3.70. The molecule has 92 valence electrons. The highest BCUT2D eigenvalue weighted by Gasteiger charge is 2.22. The summed E-state index contributed by atoms with van der Waals surface area (Å²) in [4.78, 5) is 16.8. The third kappa shape index (κ3) is 2.99. The molecule has 1 atom stereocenters. The highest BCUT2D eigenvalue weighted by molar-refractivity contribution is 5.65. The number of ether oxygens (including phenoxy) is 1. The summed E-state index contributed by atoms with van der Waals surface area (Å²) >= 11 is 0. The second-order valence-electron chi connectivity index (χ2n) is 4.09. The van der Waals surface area contributed by atoms with Gasteiger partial charge in [0.2, 0.25) is 0 Å². The first-order valence-electron chi connectivity index (χ1n) is 5.58. The summed E-state index contributed by atoms with van der Waals surface area (Å²) in [5.74, 6) is 0.487. The van der Waals surface area contributed by atoms with E-state index < -0.39 is 6.09 Å². The highest BCUT2D eigenvalue weighted by atomic mass is 16.6. The van der Waals surface area contributed by atoms with Gasteiger partial charge in [0.15, 0.2) is 0 Å². The molecule has 0 saturated carbocycles. The molecule has 1 aromatic heterocycles. The summed E-state index contributed by atoms with van der Waals surface area (Å²) in [5.41, 5.74) is 11.7. The number of hydrogen-bond acceptors (Lipinski definition) is 5. The first-order valence-corrected chi connectivity index (χ1v) is 5.58. The molecule has 1 fully saturated rings. The zero-order valence-corrected chi connectivity index (χ0v) is 9.50. The lowest BCUT2D eigenvalue weighted by molar-refractivity contribution is 0.0966. The molecule has 2 heterocycles. The lowest BCUT2D eigenvalue weighted by atomic mass is 10.1. The van der Waals surface area contributed by atoms with Gasteiger partial charge in [-0.25, -0.2) is 9.78 Å². The van der Waals surface area contributed by atoms with E-state index in [0.29, 0.717) is 12.4 Å². The summed E-state index contributed by atoms with van der Waals surface area (Å²) in [7, 11) is 0. The molecule has 6 heteroatoms. The van der Waals surface area contributed by atoms with Crippen LogP contribution >= 0.6 is 0 Å². The van der Waals surface area contributed by atoms with Crippen LogP contribution in [0.1, 0.15) is 12.8 Å². The van der Waals surface area contributed by atoms with E-state index in [9.17, 15) is 4.79 Å². The summed E-state index contributed by atoms with van der Waals surface area (Å²) in [6.45, 7) is 1.56. The molecule has 0 bridgehead atoms. The van der Waals surface area contributed by atoms with E-state index in [1.807, 2.05) is 12.1 Å². The average molecular weight is 236 g/mol. The fourth-order valence-corrected chi connectivity index (χ4v) is 2.07. The number of carbonyl (C=O) groups is 1. The van der Waals surface area contributed by atoms with Gasteiger partial charge in [0.05, 0.1) is 6.54 Å². The maximum atomic E-state index is 10.7. The Morgan fingerprint density at radius 2 is 2.41 bits per heavy atom. The molecule has 1 aromatic rings. The summed E-state index contributed by atoms with van der Waals surface area (Å²) in [6.07, 6.45) is 2.62. The largest absolute Gasteiger partial charge is 0.445 e. The van der Waals surface area contributed by atoms with E-state index in [1.54, 1.807) is 6.20 Å². The lowest BCUT2D eigenvalue weighted by Crippen LogP contribution is -2.41. The van der Waals surface area contributed by atoms with Crippen molar-refractivity contribution in [3.05, 3.63) is 18.3 Å². The van der Waals surface area contributed by atoms with Crippen molar-refractivity contribution in [2.45, 2.75) is 18.9 Å². The normalized spacial score (nSPS) is 20.0. The number of anilines is 2. The number of nitrogen functional groups attached to an aromatic ring is 1. The van der Waals surface area contributed by atoms with Crippen LogP contribution in [0.3, 0.4) is 0 Å². The van der Waals surface area contributed by atoms with Gasteiger partial charge < -0.3 is 21.1 Å². The van der Waals surface area contributed by atoms with Crippen molar-refractivity contribution in [2.24, 2.45) is 5.73 Å². The quantitative estimate of drug-likeness (QED) is 0.789. The Bertz CT molecular complexity index is 410. The van der Waals surface area contributed by atoms with Crippen molar-refractivity contribution >= 4 is 17.6 Å². The molecule has 17 heavy (non-hydrogen) atoms. The molecule has 1 amide bonds.